The van der Waals surface area contributed by atoms with Gasteiger partial charge < -0.3 is 14.8 Å². The maximum Gasteiger partial charge on any atom is 0.119 e. The van der Waals surface area contributed by atoms with Crippen LogP contribution < -0.4 is 10.1 Å². The fraction of sp³-hybridized carbons (Fsp3) is 0.600. The van der Waals surface area contributed by atoms with Crippen LogP contribution in [-0.4, -0.2) is 25.9 Å². The highest BCUT2D eigenvalue weighted by atomic mass is 35.5. The molecule has 0 aliphatic heterocycles. The van der Waals surface area contributed by atoms with Gasteiger partial charge in [-0.25, -0.2) is 0 Å². The molecule has 0 bridgehead atoms. The highest BCUT2D eigenvalue weighted by Crippen LogP contribution is 2.11. The van der Waals surface area contributed by atoms with Gasteiger partial charge in [0.15, 0.2) is 0 Å². The molecule has 0 aromatic heterocycles. The number of halogens is 1. The van der Waals surface area contributed by atoms with Crippen molar-refractivity contribution >= 4 is 12.4 Å². The summed E-state index contributed by atoms with van der Waals surface area (Å²) < 4.78 is 10.9. The lowest BCUT2D eigenvalue weighted by atomic mass is 10.2. The first-order valence-electron chi connectivity index (χ1n) is 6.76. The van der Waals surface area contributed by atoms with E-state index in [1.54, 1.807) is 0 Å². The molecule has 1 rings (SSSR count). The fourth-order valence-corrected chi connectivity index (χ4v) is 1.62. The van der Waals surface area contributed by atoms with Gasteiger partial charge in [-0.2, -0.15) is 0 Å². The van der Waals surface area contributed by atoms with E-state index in [1.807, 2.05) is 19.1 Å². The second kappa shape index (κ2) is 11.1. The van der Waals surface area contributed by atoms with Crippen LogP contribution in [0.1, 0.15) is 32.8 Å². The molecule has 0 heterocycles. The second-order valence-electron chi connectivity index (χ2n) is 4.53. The molecule has 0 fully saturated rings. The van der Waals surface area contributed by atoms with E-state index in [-0.39, 0.29) is 12.4 Å². The van der Waals surface area contributed by atoms with Gasteiger partial charge in [-0.15, -0.1) is 12.4 Å². The van der Waals surface area contributed by atoms with E-state index in [0.29, 0.717) is 12.7 Å². The van der Waals surface area contributed by atoms with Crippen molar-refractivity contribution in [2.75, 3.05) is 19.8 Å². The van der Waals surface area contributed by atoms with Gasteiger partial charge >= 0.3 is 0 Å². The average Bonchev–Trinajstić information content (AvgIpc) is 2.35. The fourth-order valence-electron chi connectivity index (χ4n) is 1.62. The summed E-state index contributed by atoms with van der Waals surface area (Å²) in [7, 11) is 0. The molecule has 0 saturated carbocycles. The maximum atomic E-state index is 5.48. The van der Waals surface area contributed by atoms with E-state index in [4.69, 9.17) is 9.47 Å². The Labute approximate surface area is 123 Å². The smallest absolute Gasteiger partial charge is 0.119 e. The Kier molecular flexibility index (Phi) is 10.6. The van der Waals surface area contributed by atoms with E-state index in [9.17, 15) is 0 Å². The quantitative estimate of drug-likeness (QED) is 0.706. The normalized spacial score (nSPS) is 10.3. The molecule has 110 valence electrons. The van der Waals surface area contributed by atoms with Crippen molar-refractivity contribution in [3.05, 3.63) is 29.8 Å². The Balaban J connectivity index is 0.00000324. The average molecular weight is 288 g/mol. The first-order chi connectivity index (χ1) is 8.72. The van der Waals surface area contributed by atoms with Crippen LogP contribution in [-0.2, 0) is 11.3 Å². The van der Waals surface area contributed by atoms with E-state index in [0.717, 1.165) is 31.9 Å². The largest absolute Gasteiger partial charge is 0.494 e. The molecule has 3 nitrogen and oxygen atoms in total. The molecule has 1 aromatic carbocycles. The number of hydrogen-bond acceptors (Lipinski definition) is 3. The van der Waals surface area contributed by atoms with Crippen LogP contribution in [0.5, 0.6) is 5.75 Å². The predicted octanol–water partition coefficient (Wildman–Crippen LogP) is 3.41. The van der Waals surface area contributed by atoms with Crippen molar-refractivity contribution in [1.29, 1.82) is 0 Å². The summed E-state index contributed by atoms with van der Waals surface area (Å²) in [5, 5.41) is 3.41. The van der Waals surface area contributed by atoms with Crippen LogP contribution in [0.25, 0.3) is 0 Å². The van der Waals surface area contributed by atoms with Gasteiger partial charge in [0, 0.05) is 13.2 Å². The molecular formula is C15H26ClNO2. The highest BCUT2D eigenvalue weighted by Gasteiger charge is 1.96. The minimum absolute atomic E-state index is 0. The maximum absolute atomic E-state index is 5.48. The highest BCUT2D eigenvalue weighted by molar-refractivity contribution is 5.85. The van der Waals surface area contributed by atoms with Crippen LogP contribution >= 0.6 is 12.4 Å². The van der Waals surface area contributed by atoms with Gasteiger partial charge in [-0.3, -0.25) is 0 Å². The Hall–Kier alpha value is -0.770. The summed E-state index contributed by atoms with van der Waals surface area (Å²) >= 11 is 0. The molecule has 0 amide bonds. The summed E-state index contributed by atoms with van der Waals surface area (Å²) in [6.45, 7) is 9.55. The molecule has 19 heavy (non-hydrogen) atoms. The molecule has 0 aliphatic carbocycles. The minimum atomic E-state index is 0. The Morgan fingerprint density at radius 2 is 1.84 bits per heavy atom. The molecule has 1 N–H and O–H groups in total. The lowest BCUT2D eigenvalue weighted by Crippen LogP contribution is -2.17. The van der Waals surface area contributed by atoms with Gasteiger partial charge in [0.1, 0.15) is 5.75 Å². The first kappa shape index (κ1) is 18.2. The van der Waals surface area contributed by atoms with E-state index in [2.05, 4.69) is 31.3 Å². The molecule has 0 radical (unpaired) electrons. The number of rotatable bonds is 9. The predicted molar refractivity (Wildman–Crippen MR) is 82.3 cm³/mol. The summed E-state index contributed by atoms with van der Waals surface area (Å²) in [6, 6.07) is 8.23. The summed E-state index contributed by atoms with van der Waals surface area (Å²) in [5.41, 5.74) is 1.28. The number of benzene rings is 1. The van der Waals surface area contributed by atoms with Crippen LogP contribution in [0.2, 0.25) is 0 Å². The zero-order valence-corrected chi connectivity index (χ0v) is 13.0. The van der Waals surface area contributed by atoms with E-state index >= 15 is 0 Å². The van der Waals surface area contributed by atoms with Crippen molar-refractivity contribution < 1.29 is 9.47 Å². The molecule has 0 atom stereocenters. The zero-order valence-electron chi connectivity index (χ0n) is 12.1. The zero-order chi connectivity index (χ0) is 13.2. The topological polar surface area (TPSA) is 30.5 Å². The Bertz CT molecular complexity index is 314. The monoisotopic (exact) mass is 287 g/mol. The van der Waals surface area contributed by atoms with Gasteiger partial charge in [-0.05, 0) is 51.4 Å². The van der Waals surface area contributed by atoms with Crippen molar-refractivity contribution in [3.8, 4) is 5.75 Å². The number of hydrogen-bond donors (Lipinski definition) is 1. The van der Waals surface area contributed by atoms with E-state index < -0.39 is 0 Å². The van der Waals surface area contributed by atoms with E-state index in [1.165, 1.54) is 5.56 Å². The van der Waals surface area contributed by atoms with Crippen LogP contribution in [0.4, 0.5) is 0 Å². The molecule has 4 heteroatoms. The van der Waals surface area contributed by atoms with Gasteiger partial charge in [0.2, 0.25) is 0 Å². The molecule has 0 spiro atoms. The third kappa shape index (κ3) is 8.87. The number of nitrogens with one attached hydrogen (secondary N) is 1. The minimum Gasteiger partial charge on any atom is -0.494 e. The Morgan fingerprint density at radius 3 is 2.42 bits per heavy atom. The molecule has 0 saturated heterocycles. The Morgan fingerprint density at radius 1 is 1.16 bits per heavy atom. The molecule has 0 unspecified atom stereocenters. The summed E-state index contributed by atoms with van der Waals surface area (Å²) in [4.78, 5) is 0. The van der Waals surface area contributed by atoms with Crippen molar-refractivity contribution in [3.63, 3.8) is 0 Å². The van der Waals surface area contributed by atoms with Crippen molar-refractivity contribution in [2.45, 2.75) is 39.8 Å². The standard InChI is InChI=1S/C15H25NO2.ClH/c1-4-17-15-8-6-14(7-9-15)12-16-10-5-11-18-13(2)3;/h6-9,13,16H,4-5,10-12H2,1-3H3;1H. The summed E-state index contributed by atoms with van der Waals surface area (Å²) in [6.07, 6.45) is 1.38. The van der Waals surface area contributed by atoms with Crippen LogP contribution in [0.15, 0.2) is 24.3 Å². The third-order valence-corrected chi connectivity index (χ3v) is 2.51. The first-order valence-corrected chi connectivity index (χ1v) is 6.76. The molecular weight excluding hydrogens is 262 g/mol. The van der Waals surface area contributed by atoms with Crippen LogP contribution in [0.3, 0.4) is 0 Å². The van der Waals surface area contributed by atoms with Gasteiger partial charge in [-0.1, -0.05) is 12.1 Å². The van der Waals surface area contributed by atoms with Gasteiger partial charge in [0.05, 0.1) is 12.7 Å². The van der Waals surface area contributed by atoms with Gasteiger partial charge in [0.25, 0.3) is 0 Å². The molecule has 0 aliphatic rings. The molecule has 1 aromatic rings. The van der Waals surface area contributed by atoms with Crippen LogP contribution in [0, 0.1) is 0 Å². The van der Waals surface area contributed by atoms with Crippen molar-refractivity contribution in [2.24, 2.45) is 0 Å². The lowest BCUT2D eigenvalue weighted by Gasteiger charge is -2.08. The lowest BCUT2D eigenvalue weighted by molar-refractivity contribution is 0.0770. The number of ether oxygens (including phenoxy) is 2. The third-order valence-electron chi connectivity index (χ3n) is 2.51. The summed E-state index contributed by atoms with van der Waals surface area (Å²) in [5.74, 6) is 0.937. The van der Waals surface area contributed by atoms with Crippen molar-refractivity contribution in [1.82, 2.24) is 5.32 Å². The second-order valence-corrected chi connectivity index (χ2v) is 4.53. The SMILES string of the molecule is CCOc1ccc(CNCCCOC(C)C)cc1.Cl.